The zero-order valence-corrected chi connectivity index (χ0v) is 12.2. The standard InChI is InChI=1S/C18H15FN2O/c1-2-21(15-10-8-14(19)9-11-15)18(22)17-12-7-13-5-3-4-6-16(13)20-17/h3-12H,2H2,1H3. The molecule has 0 unspecified atom stereocenters. The molecule has 3 aromatic rings. The van der Waals surface area contributed by atoms with Crippen molar-refractivity contribution in [1.29, 1.82) is 0 Å². The Bertz CT molecular complexity index is 815. The van der Waals surface area contributed by atoms with E-state index in [1.807, 2.05) is 37.3 Å². The summed E-state index contributed by atoms with van der Waals surface area (Å²) in [5.41, 5.74) is 1.82. The van der Waals surface area contributed by atoms with Gasteiger partial charge in [-0.2, -0.15) is 0 Å². The van der Waals surface area contributed by atoms with E-state index in [1.165, 1.54) is 12.1 Å². The zero-order chi connectivity index (χ0) is 15.5. The lowest BCUT2D eigenvalue weighted by molar-refractivity contribution is 0.0984. The molecule has 0 radical (unpaired) electrons. The number of nitrogens with zero attached hydrogens (tertiary/aromatic N) is 2. The fourth-order valence-corrected chi connectivity index (χ4v) is 2.39. The van der Waals surface area contributed by atoms with Gasteiger partial charge in [-0.3, -0.25) is 4.79 Å². The summed E-state index contributed by atoms with van der Waals surface area (Å²) in [5.74, 6) is -0.518. The molecule has 0 atom stereocenters. The Hall–Kier alpha value is -2.75. The Kier molecular flexibility index (Phi) is 3.83. The molecule has 0 bridgehead atoms. The van der Waals surface area contributed by atoms with Crippen molar-refractivity contribution in [2.24, 2.45) is 0 Å². The van der Waals surface area contributed by atoms with Crippen LogP contribution in [0.25, 0.3) is 10.9 Å². The highest BCUT2D eigenvalue weighted by atomic mass is 19.1. The van der Waals surface area contributed by atoms with Crippen molar-refractivity contribution >= 4 is 22.5 Å². The predicted octanol–water partition coefficient (Wildman–Crippen LogP) is 4.04. The molecule has 0 saturated heterocycles. The Balaban J connectivity index is 1.97. The molecule has 0 saturated carbocycles. The normalized spacial score (nSPS) is 10.6. The highest BCUT2D eigenvalue weighted by molar-refractivity contribution is 6.05. The van der Waals surface area contributed by atoms with E-state index in [0.717, 1.165) is 10.9 Å². The number of hydrogen-bond donors (Lipinski definition) is 0. The van der Waals surface area contributed by atoms with E-state index in [9.17, 15) is 9.18 Å². The summed E-state index contributed by atoms with van der Waals surface area (Å²) in [6.07, 6.45) is 0. The molecule has 3 rings (SSSR count). The molecule has 2 aromatic carbocycles. The van der Waals surface area contributed by atoms with Gasteiger partial charge in [0.05, 0.1) is 5.52 Å². The number of halogens is 1. The lowest BCUT2D eigenvalue weighted by Crippen LogP contribution is -2.31. The summed E-state index contributed by atoms with van der Waals surface area (Å²) in [4.78, 5) is 18.7. The zero-order valence-electron chi connectivity index (χ0n) is 12.2. The van der Waals surface area contributed by atoms with Crippen molar-refractivity contribution in [3.8, 4) is 0 Å². The van der Waals surface area contributed by atoms with Gasteiger partial charge in [0.15, 0.2) is 0 Å². The van der Waals surface area contributed by atoms with E-state index in [0.29, 0.717) is 17.9 Å². The summed E-state index contributed by atoms with van der Waals surface area (Å²) in [6, 6.07) is 17.1. The minimum atomic E-state index is -0.323. The Morgan fingerprint density at radius 2 is 1.77 bits per heavy atom. The molecular formula is C18H15FN2O. The summed E-state index contributed by atoms with van der Waals surface area (Å²) >= 11 is 0. The molecule has 0 aliphatic heterocycles. The SMILES string of the molecule is CCN(C(=O)c1ccc2ccccc2n1)c1ccc(F)cc1. The van der Waals surface area contributed by atoms with Crippen molar-refractivity contribution in [1.82, 2.24) is 4.98 Å². The second-order valence-corrected chi connectivity index (χ2v) is 4.92. The van der Waals surface area contributed by atoms with Gasteiger partial charge >= 0.3 is 0 Å². The molecule has 0 N–H and O–H groups in total. The van der Waals surface area contributed by atoms with Gasteiger partial charge in [0.1, 0.15) is 11.5 Å². The molecule has 1 amide bonds. The molecule has 110 valence electrons. The maximum atomic E-state index is 13.0. The minimum Gasteiger partial charge on any atom is -0.307 e. The van der Waals surface area contributed by atoms with Crippen LogP contribution in [0.2, 0.25) is 0 Å². The number of aromatic nitrogens is 1. The van der Waals surface area contributed by atoms with Crippen LogP contribution < -0.4 is 4.90 Å². The van der Waals surface area contributed by atoms with Crippen LogP contribution in [0, 0.1) is 5.82 Å². The van der Waals surface area contributed by atoms with Crippen LogP contribution in [0.5, 0.6) is 0 Å². The molecule has 3 nitrogen and oxygen atoms in total. The average Bonchev–Trinajstić information content (AvgIpc) is 2.56. The van der Waals surface area contributed by atoms with Crippen LogP contribution in [0.4, 0.5) is 10.1 Å². The largest absolute Gasteiger partial charge is 0.307 e. The number of amides is 1. The van der Waals surface area contributed by atoms with E-state index in [-0.39, 0.29) is 11.7 Å². The molecular weight excluding hydrogens is 279 g/mol. The van der Waals surface area contributed by atoms with E-state index in [2.05, 4.69) is 4.98 Å². The van der Waals surface area contributed by atoms with Gasteiger partial charge in [0.25, 0.3) is 5.91 Å². The third-order valence-corrected chi connectivity index (χ3v) is 3.52. The smallest absolute Gasteiger partial charge is 0.276 e. The maximum Gasteiger partial charge on any atom is 0.276 e. The number of carbonyl (C=O) groups is 1. The van der Waals surface area contributed by atoms with Crippen molar-refractivity contribution < 1.29 is 9.18 Å². The number of carbonyl (C=O) groups excluding carboxylic acids is 1. The molecule has 0 aliphatic carbocycles. The molecule has 1 aromatic heterocycles. The second-order valence-electron chi connectivity index (χ2n) is 4.92. The van der Waals surface area contributed by atoms with Gasteiger partial charge in [0, 0.05) is 17.6 Å². The van der Waals surface area contributed by atoms with Crippen molar-refractivity contribution in [2.45, 2.75) is 6.92 Å². The summed E-state index contributed by atoms with van der Waals surface area (Å²) < 4.78 is 13.0. The van der Waals surface area contributed by atoms with Crippen LogP contribution in [0.3, 0.4) is 0 Å². The predicted molar refractivity (Wildman–Crippen MR) is 85.5 cm³/mol. The highest BCUT2D eigenvalue weighted by Crippen LogP contribution is 2.18. The molecule has 4 heteroatoms. The number of para-hydroxylation sites is 1. The van der Waals surface area contributed by atoms with Crippen LogP contribution in [-0.2, 0) is 0 Å². The topological polar surface area (TPSA) is 33.2 Å². The Morgan fingerprint density at radius 3 is 2.50 bits per heavy atom. The quantitative estimate of drug-likeness (QED) is 0.730. The molecule has 1 heterocycles. The van der Waals surface area contributed by atoms with E-state index in [4.69, 9.17) is 0 Å². The van der Waals surface area contributed by atoms with Crippen LogP contribution >= 0.6 is 0 Å². The lowest BCUT2D eigenvalue weighted by atomic mass is 10.2. The first-order chi connectivity index (χ1) is 10.7. The van der Waals surface area contributed by atoms with Gasteiger partial charge in [-0.15, -0.1) is 0 Å². The monoisotopic (exact) mass is 294 g/mol. The summed E-state index contributed by atoms with van der Waals surface area (Å²) in [6.45, 7) is 2.36. The minimum absolute atomic E-state index is 0.195. The maximum absolute atomic E-state index is 13.0. The van der Waals surface area contributed by atoms with Gasteiger partial charge in [-0.1, -0.05) is 24.3 Å². The number of hydrogen-bond acceptors (Lipinski definition) is 2. The second kappa shape index (κ2) is 5.93. The van der Waals surface area contributed by atoms with E-state index < -0.39 is 0 Å². The first kappa shape index (κ1) is 14.2. The Labute approximate surface area is 128 Å². The van der Waals surface area contributed by atoms with Crippen molar-refractivity contribution in [2.75, 3.05) is 11.4 Å². The number of anilines is 1. The molecule has 0 aliphatic rings. The fraction of sp³-hybridized carbons (Fsp3) is 0.111. The number of benzene rings is 2. The first-order valence-electron chi connectivity index (χ1n) is 7.12. The van der Waals surface area contributed by atoms with Crippen molar-refractivity contribution in [3.05, 3.63) is 72.2 Å². The van der Waals surface area contributed by atoms with E-state index in [1.54, 1.807) is 23.1 Å². The summed E-state index contributed by atoms with van der Waals surface area (Å²) in [5, 5.41) is 0.990. The number of rotatable bonds is 3. The van der Waals surface area contributed by atoms with E-state index >= 15 is 0 Å². The fourth-order valence-electron chi connectivity index (χ4n) is 2.39. The molecule has 22 heavy (non-hydrogen) atoms. The van der Waals surface area contributed by atoms with Gasteiger partial charge in [-0.25, -0.2) is 9.37 Å². The third-order valence-electron chi connectivity index (χ3n) is 3.52. The lowest BCUT2D eigenvalue weighted by Gasteiger charge is -2.20. The van der Waals surface area contributed by atoms with Crippen LogP contribution in [0.1, 0.15) is 17.4 Å². The number of fused-ring (bicyclic) bond motifs is 1. The average molecular weight is 294 g/mol. The van der Waals surface area contributed by atoms with Crippen LogP contribution in [-0.4, -0.2) is 17.4 Å². The third kappa shape index (κ3) is 2.68. The van der Waals surface area contributed by atoms with Gasteiger partial charge in [0.2, 0.25) is 0 Å². The number of pyridine rings is 1. The van der Waals surface area contributed by atoms with Crippen molar-refractivity contribution in [3.63, 3.8) is 0 Å². The Morgan fingerprint density at radius 1 is 1.05 bits per heavy atom. The van der Waals surface area contributed by atoms with Gasteiger partial charge in [-0.05, 0) is 43.3 Å². The molecule has 0 fully saturated rings. The van der Waals surface area contributed by atoms with Gasteiger partial charge < -0.3 is 4.90 Å². The first-order valence-corrected chi connectivity index (χ1v) is 7.12. The summed E-state index contributed by atoms with van der Waals surface area (Å²) in [7, 11) is 0. The molecule has 0 spiro atoms. The highest BCUT2D eigenvalue weighted by Gasteiger charge is 2.17. The van der Waals surface area contributed by atoms with Crippen LogP contribution in [0.15, 0.2) is 60.7 Å².